The molecule has 110 valence electrons. The van der Waals surface area contributed by atoms with Gasteiger partial charge >= 0.3 is 0 Å². The Hall–Kier alpha value is -1.47. The summed E-state index contributed by atoms with van der Waals surface area (Å²) in [5.74, 6) is 0.0906. The van der Waals surface area contributed by atoms with E-state index in [-0.39, 0.29) is 11.8 Å². The highest BCUT2D eigenvalue weighted by atomic mass is 32.1. The van der Waals surface area contributed by atoms with Crippen LogP contribution in [-0.4, -0.2) is 77.7 Å². The highest BCUT2D eigenvalue weighted by Gasteiger charge is 2.24. The van der Waals surface area contributed by atoms with Crippen molar-refractivity contribution in [1.82, 2.24) is 19.1 Å². The van der Waals surface area contributed by atoms with Gasteiger partial charge in [0, 0.05) is 45.2 Å². The van der Waals surface area contributed by atoms with Gasteiger partial charge in [0.15, 0.2) is 0 Å². The third-order valence-electron chi connectivity index (χ3n) is 3.36. The lowest BCUT2D eigenvalue weighted by atomic mass is 10.2. The van der Waals surface area contributed by atoms with Crippen molar-refractivity contribution < 1.29 is 9.59 Å². The second kappa shape index (κ2) is 6.32. The molecule has 0 bridgehead atoms. The molecule has 2 heterocycles. The molecule has 0 atom stereocenters. The van der Waals surface area contributed by atoms with Crippen LogP contribution in [0.3, 0.4) is 0 Å². The van der Waals surface area contributed by atoms with Crippen LogP contribution >= 0.6 is 11.5 Å². The predicted molar refractivity (Wildman–Crippen MR) is 77.9 cm³/mol. The van der Waals surface area contributed by atoms with Crippen LogP contribution in [0.25, 0.3) is 0 Å². The smallest absolute Gasteiger partial charge is 0.273 e. The number of carbonyl (C=O) groups is 2. The number of carbonyl (C=O) groups excluding carboxylic acids is 2. The van der Waals surface area contributed by atoms with Gasteiger partial charge in [0.05, 0.1) is 6.54 Å². The number of likely N-dealkylation sites (N-methyl/N-ethyl adjacent to an activating group) is 1. The maximum Gasteiger partial charge on any atom is 0.273 e. The first kappa shape index (κ1) is 14.9. The van der Waals surface area contributed by atoms with Crippen molar-refractivity contribution in [3.05, 3.63) is 16.6 Å². The Morgan fingerprint density at radius 1 is 1.30 bits per heavy atom. The van der Waals surface area contributed by atoms with Crippen LogP contribution in [0.1, 0.15) is 15.4 Å². The maximum atomic E-state index is 12.2. The molecular weight excluding hydrogens is 276 g/mol. The Balaban J connectivity index is 1.85. The molecule has 7 heteroatoms. The quantitative estimate of drug-likeness (QED) is 0.805. The third kappa shape index (κ3) is 3.55. The molecule has 0 unspecified atom stereocenters. The maximum absolute atomic E-state index is 12.2. The first-order valence-corrected chi connectivity index (χ1v) is 7.40. The number of aryl methyl sites for hydroxylation is 1. The highest BCUT2D eigenvalue weighted by Crippen LogP contribution is 2.12. The average molecular weight is 296 g/mol. The zero-order chi connectivity index (χ0) is 14.7. The number of piperazine rings is 1. The number of hydrogen-bond donors (Lipinski definition) is 0. The molecule has 1 aromatic rings. The largest absolute Gasteiger partial charge is 0.348 e. The summed E-state index contributed by atoms with van der Waals surface area (Å²) < 4.78 is 4.16. The lowest BCUT2D eigenvalue weighted by Gasteiger charge is -2.34. The third-order valence-corrected chi connectivity index (χ3v) is 4.06. The van der Waals surface area contributed by atoms with Crippen molar-refractivity contribution in [1.29, 1.82) is 0 Å². The van der Waals surface area contributed by atoms with Gasteiger partial charge in [-0.3, -0.25) is 14.5 Å². The molecule has 1 aromatic heterocycles. The molecule has 1 fully saturated rings. The van der Waals surface area contributed by atoms with Crippen molar-refractivity contribution in [2.45, 2.75) is 6.92 Å². The van der Waals surface area contributed by atoms with Gasteiger partial charge in [-0.1, -0.05) is 0 Å². The number of nitrogens with zero attached hydrogens (tertiary/aromatic N) is 4. The normalized spacial score (nSPS) is 16.2. The molecule has 2 amide bonds. The zero-order valence-electron chi connectivity index (χ0n) is 12.1. The summed E-state index contributed by atoms with van der Waals surface area (Å²) in [5.41, 5.74) is 0.533. The van der Waals surface area contributed by atoms with E-state index in [0.29, 0.717) is 25.3 Å². The Kier molecular flexibility index (Phi) is 4.72. The van der Waals surface area contributed by atoms with Crippen molar-refractivity contribution in [3.8, 4) is 0 Å². The monoisotopic (exact) mass is 296 g/mol. The van der Waals surface area contributed by atoms with Gasteiger partial charge in [-0.2, -0.15) is 4.37 Å². The van der Waals surface area contributed by atoms with Crippen LogP contribution in [0.15, 0.2) is 6.07 Å². The fourth-order valence-electron chi connectivity index (χ4n) is 2.07. The highest BCUT2D eigenvalue weighted by molar-refractivity contribution is 7.05. The average Bonchev–Trinajstić information content (AvgIpc) is 2.85. The topological polar surface area (TPSA) is 56.8 Å². The summed E-state index contributed by atoms with van der Waals surface area (Å²) in [6.07, 6.45) is 0. The molecule has 1 saturated heterocycles. The van der Waals surface area contributed by atoms with E-state index in [1.807, 2.05) is 17.9 Å². The van der Waals surface area contributed by atoms with Gasteiger partial charge in [-0.25, -0.2) is 0 Å². The van der Waals surface area contributed by atoms with E-state index in [1.54, 1.807) is 19.0 Å². The van der Waals surface area contributed by atoms with Crippen LogP contribution in [0.4, 0.5) is 0 Å². The fourth-order valence-corrected chi connectivity index (χ4v) is 2.61. The molecular formula is C13H20N4O2S. The molecule has 0 spiro atoms. The summed E-state index contributed by atoms with van der Waals surface area (Å²) in [5, 5.41) is 0. The van der Waals surface area contributed by atoms with Gasteiger partial charge in [-0.15, -0.1) is 0 Å². The lowest BCUT2D eigenvalue weighted by molar-refractivity contribution is -0.130. The number of aromatic nitrogens is 1. The van der Waals surface area contributed by atoms with Gasteiger partial charge in [0.2, 0.25) is 5.91 Å². The summed E-state index contributed by atoms with van der Waals surface area (Å²) in [7, 11) is 3.51. The SMILES string of the molecule is Cc1cc(C(=O)N2CCN(CC(=O)N(C)C)CC2)ns1. The van der Waals surface area contributed by atoms with Crippen LogP contribution < -0.4 is 0 Å². The Morgan fingerprint density at radius 2 is 1.95 bits per heavy atom. The molecule has 0 saturated carbocycles. The van der Waals surface area contributed by atoms with Crippen LogP contribution in [0.5, 0.6) is 0 Å². The molecule has 6 nitrogen and oxygen atoms in total. The van der Waals surface area contributed by atoms with E-state index in [2.05, 4.69) is 9.27 Å². The predicted octanol–water partition coefficient (Wildman–Crippen LogP) is 0.298. The van der Waals surface area contributed by atoms with Crippen molar-refractivity contribution in [2.75, 3.05) is 46.8 Å². The van der Waals surface area contributed by atoms with Crippen LogP contribution in [-0.2, 0) is 4.79 Å². The Morgan fingerprint density at radius 3 is 2.45 bits per heavy atom. The number of amides is 2. The van der Waals surface area contributed by atoms with Crippen LogP contribution in [0, 0.1) is 6.92 Å². The molecule has 0 N–H and O–H groups in total. The van der Waals surface area contributed by atoms with Crippen molar-refractivity contribution in [3.63, 3.8) is 0 Å². The Bertz CT molecular complexity index is 492. The second-order valence-corrected chi connectivity index (χ2v) is 6.19. The first-order valence-electron chi connectivity index (χ1n) is 6.62. The summed E-state index contributed by atoms with van der Waals surface area (Å²) in [6, 6.07) is 1.83. The molecule has 20 heavy (non-hydrogen) atoms. The van der Waals surface area contributed by atoms with Gasteiger partial charge in [0.1, 0.15) is 5.69 Å². The zero-order valence-corrected chi connectivity index (χ0v) is 12.9. The minimum atomic E-state index is -0.00654. The van der Waals surface area contributed by atoms with E-state index >= 15 is 0 Å². The molecule has 0 radical (unpaired) electrons. The molecule has 2 rings (SSSR count). The molecule has 0 aromatic carbocycles. The van der Waals surface area contributed by atoms with Crippen molar-refractivity contribution in [2.24, 2.45) is 0 Å². The van der Waals surface area contributed by atoms with Crippen molar-refractivity contribution >= 4 is 23.3 Å². The lowest BCUT2D eigenvalue weighted by Crippen LogP contribution is -2.51. The van der Waals surface area contributed by atoms with E-state index in [9.17, 15) is 9.59 Å². The van der Waals surface area contributed by atoms with Crippen LogP contribution in [0.2, 0.25) is 0 Å². The van der Waals surface area contributed by atoms with Gasteiger partial charge in [-0.05, 0) is 24.5 Å². The summed E-state index contributed by atoms with van der Waals surface area (Å²) in [6.45, 7) is 5.12. The number of rotatable bonds is 3. The van der Waals surface area contributed by atoms with Gasteiger partial charge in [0.25, 0.3) is 5.91 Å². The molecule has 1 aliphatic rings. The standard InChI is InChI=1S/C13H20N4O2S/c1-10-8-11(14-20-10)13(19)17-6-4-16(5-7-17)9-12(18)15(2)3/h8H,4-7,9H2,1-3H3. The minimum absolute atomic E-state index is 0.00654. The second-order valence-electron chi connectivity index (χ2n) is 5.18. The van der Waals surface area contributed by atoms with E-state index < -0.39 is 0 Å². The van der Waals surface area contributed by atoms with Gasteiger partial charge < -0.3 is 9.80 Å². The number of hydrogen-bond acceptors (Lipinski definition) is 5. The summed E-state index contributed by atoms with van der Waals surface area (Å²) in [4.78, 5) is 30.4. The molecule has 1 aliphatic heterocycles. The minimum Gasteiger partial charge on any atom is -0.348 e. The van der Waals surface area contributed by atoms with E-state index in [0.717, 1.165) is 18.0 Å². The molecule has 0 aliphatic carbocycles. The van der Waals surface area contributed by atoms with E-state index in [1.165, 1.54) is 11.5 Å². The fraction of sp³-hybridized carbons (Fsp3) is 0.615. The summed E-state index contributed by atoms with van der Waals surface area (Å²) >= 11 is 1.35. The van der Waals surface area contributed by atoms with E-state index in [4.69, 9.17) is 0 Å². The Labute approximate surface area is 123 Å². The first-order chi connectivity index (χ1) is 9.47.